The predicted molar refractivity (Wildman–Crippen MR) is 96.2 cm³/mol. The Morgan fingerprint density at radius 2 is 1.70 bits per heavy atom. The molecule has 1 aromatic carbocycles. The van der Waals surface area contributed by atoms with Crippen molar-refractivity contribution in [1.82, 2.24) is 15.3 Å². The van der Waals surface area contributed by atoms with Crippen molar-refractivity contribution in [3.8, 4) is 0 Å². The number of carbonyl (C=O) groups is 1. The highest BCUT2D eigenvalue weighted by atomic mass is 32.2. The molecule has 0 spiro atoms. The van der Waals surface area contributed by atoms with Gasteiger partial charge < -0.3 is 10.1 Å². The number of nitrogens with one attached hydrogen (secondary N) is 1. The number of ether oxygens (including phenoxy) is 1. The van der Waals surface area contributed by atoms with Crippen molar-refractivity contribution in [2.75, 3.05) is 12.4 Å². The molecular formula is C18H20F3N3O2S. The number of nitrogens with zero attached hydrogens (tertiary/aromatic N) is 2. The average molecular weight is 399 g/mol. The van der Waals surface area contributed by atoms with Crippen molar-refractivity contribution < 1.29 is 22.7 Å². The van der Waals surface area contributed by atoms with Gasteiger partial charge >= 0.3 is 6.18 Å². The lowest BCUT2D eigenvalue weighted by Gasteiger charge is -2.09. The van der Waals surface area contributed by atoms with E-state index in [0.29, 0.717) is 17.3 Å². The van der Waals surface area contributed by atoms with E-state index in [1.807, 2.05) is 19.9 Å². The number of amides is 1. The molecule has 0 unspecified atom stereocenters. The van der Waals surface area contributed by atoms with Gasteiger partial charge in [0.1, 0.15) is 6.61 Å². The first-order chi connectivity index (χ1) is 12.7. The molecule has 0 fully saturated rings. The van der Waals surface area contributed by atoms with Crippen molar-refractivity contribution in [3.63, 3.8) is 0 Å². The van der Waals surface area contributed by atoms with Crippen LogP contribution in [0.15, 0.2) is 35.5 Å². The number of alkyl halides is 3. The molecule has 1 N–H and O–H groups in total. The van der Waals surface area contributed by atoms with Crippen molar-refractivity contribution in [2.45, 2.75) is 38.3 Å². The Bertz CT molecular complexity index is 747. The second-order valence-electron chi connectivity index (χ2n) is 5.92. The summed E-state index contributed by atoms with van der Waals surface area (Å²) < 4.78 is 40.7. The van der Waals surface area contributed by atoms with Crippen LogP contribution in [0.25, 0.3) is 0 Å². The molecule has 0 bridgehead atoms. The third-order valence-electron chi connectivity index (χ3n) is 3.34. The summed E-state index contributed by atoms with van der Waals surface area (Å²) in [4.78, 5) is 20.5. The van der Waals surface area contributed by atoms with E-state index in [1.165, 1.54) is 11.8 Å². The Labute approximate surface area is 159 Å². The molecule has 0 aliphatic carbocycles. The number of benzene rings is 1. The summed E-state index contributed by atoms with van der Waals surface area (Å²) >= 11 is 1.26. The van der Waals surface area contributed by atoms with Gasteiger partial charge in [0.05, 0.1) is 12.4 Å². The van der Waals surface area contributed by atoms with Gasteiger partial charge in [0.2, 0.25) is 5.91 Å². The van der Waals surface area contributed by atoms with Gasteiger partial charge in [-0.25, -0.2) is 9.97 Å². The van der Waals surface area contributed by atoms with Crippen LogP contribution in [0, 0.1) is 13.8 Å². The third kappa shape index (κ3) is 8.40. The summed E-state index contributed by atoms with van der Waals surface area (Å²) in [5.74, 6) is 0.0482. The first-order valence-corrected chi connectivity index (χ1v) is 9.14. The molecule has 1 amide bonds. The Hall–Kier alpha value is -2.13. The Kier molecular flexibility index (Phi) is 7.61. The number of thioether (sulfide) groups is 1. The van der Waals surface area contributed by atoms with E-state index >= 15 is 0 Å². The summed E-state index contributed by atoms with van der Waals surface area (Å²) in [5, 5.41) is 3.35. The summed E-state index contributed by atoms with van der Waals surface area (Å²) in [6.45, 7) is 2.69. The van der Waals surface area contributed by atoms with E-state index in [9.17, 15) is 18.0 Å². The fourth-order valence-electron chi connectivity index (χ4n) is 2.18. The first-order valence-electron chi connectivity index (χ1n) is 8.15. The monoisotopic (exact) mass is 399 g/mol. The van der Waals surface area contributed by atoms with Crippen LogP contribution in [0.4, 0.5) is 13.2 Å². The molecule has 146 valence electrons. The summed E-state index contributed by atoms with van der Waals surface area (Å²) in [6, 6.07) is 8.70. The Morgan fingerprint density at radius 1 is 1.11 bits per heavy atom. The largest absolute Gasteiger partial charge is 0.411 e. The molecule has 0 saturated carbocycles. The van der Waals surface area contributed by atoms with Crippen LogP contribution in [0.5, 0.6) is 0 Å². The lowest BCUT2D eigenvalue weighted by atomic mass is 10.1. The number of aromatic nitrogens is 2. The summed E-state index contributed by atoms with van der Waals surface area (Å²) in [5.41, 5.74) is 3.18. The van der Waals surface area contributed by atoms with E-state index in [2.05, 4.69) is 20.0 Å². The van der Waals surface area contributed by atoms with E-state index in [-0.39, 0.29) is 18.3 Å². The molecule has 5 nitrogen and oxygen atoms in total. The molecule has 0 radical (unpaired) electrons. The van der Waals surface area contributed by atoms with Gasteiger partial charge in [0, 0.05) is 17.9 Å². The second-order valence-corrected chi connectivity index (χ2v) is 6.87. The number of aryl methyl sites for hydroxylation is 2. The highest BCUT2D eigenvalue weighted by molar-refractivity contribution is 7.99. The zero-order chi connectivity index (χ0) is 19.9. The van der Waals surface area contributed by atoms with Crippen LogP contribution in [0.1, 0.15) is 22.5 Å². The quantitative estimate of drug-likeness (QED) is 0.543. The molecule has 2 rings (SSSR count). The van der Waals surface area contributed by atoms with Crippen molar-refractivity contribution in [3.05, 3.63) is 52.8 Å². The second kappa shape index (κ2) is 9.70. The molecule has 0 aliphatic heterocycles. The van der Waals surface area contributed by atoms with Crippen LogP contribution in [0.3, 0.4) is 0 Å². The van der Waals surface area contributed by atoms with Crippen LogP contribution < -0.4 is 5.32 Å². The van der Waals surface area contributed by atoms with Crippen LogP contribution >= 0.6 is 11.8 Å². The highest BCUT2D eigenvalue weighted by Crippen LogP contribution is 2.16. The lowest BCUT2D eigenvalue weighted by Crippen LogP contribution is -2.24. The predicted octanol–water partition coefficient (Wildman–Crippen LogP) is 3.58. The molecule has 0 atom stereocenters. The number of hydrogen-bond donors (Lipinski definition) is 1. The van der Waals surface area contributed by atoms with Gasteiger partial charge in [-0.1, -0.05) is 36.0 Å². The molecule has 0 saturated heterocycles. The molecule has 0 aliphatic rings. The van der Waals surface area contributed by atoms with E-state index in [0.717, 1.165) is 17.0 Å². The minimum absolute atomic E-state index is 0.112. The number of halogens is 3. The van der Waals surface area contributed by atoms with Gasteiger partial charge in [-0.3, -0.25) is 4.79 Å². The van der Waals surface area contributed by atoms with Crippen molar-refractivity contribution in [1.29, 1.82) is 0 Å². The van der Waals surface area contributed by atoms with E-state index in [4.69, 9.17) is 0 Å². The van der Waals surface area contributed by atoms with Gasteiger partial charge in [-0.2, -0.15) is 13.2 Å². The fourth-order valence-corrected chi connectivity index (χ4v) is 2.96. The van der Waals surface area contributed by atoms with E-state index < -0.39 is 12.8 Å². The van der Waals surface area contributed by atoms with Crippen LogP contribution in [-0.2, 0) is 22.7 Å². The maximum atomic E-state index is 12.0. The zero-order valence-electron chi connectivity index (χ0n) is 15.0. The van der Waals surface area contributed by atoms with Gasteiger partial charge in [0.15, 0.2) is 5.16 Å². The zero-order valence-corrected chi connectivity index (χ0v) is 15.8. The molecule has 1 aromatic heterocycles. The summed E-state index contributed by atoms with van der Waals surface area (Å²) in [7, 11) is 0. The van der Waals surface area contributed by atoms with Gasteiger partial charge in [-0.15, -0.1) is 0 Å². The maximum Gasteiger partial charge on any atom is 0.411 e. The number of carbonyl (C=O) groups excluding carboxylic acids is 1. The smallest absolute Gasteiger partial charge is 0.367 e. The minimum atomic E-state index is -4.33. The Balaban J connectivity index is 1.73. The standard InChI is InChI=1S/C18H20F3N3O2S/c1-12-7-13(2)24-17(23-12)27-10-16(25)22-8-14-3-5-15(6-4-14)9-26-11-18(19,20)21/h3-7H,8-11H2,1-2H3,(H,22,25). The SMILES string of the molecule is Cc1cc(C)nc(SCC(=O)NCc2ccc(COCC(F)(F)F)cc2)n1. The average Bonchev–Trinajstić information content (AvgIpc) is 2.57. The number of rotatable bonds is 8. The van der Waals surface area contributed by atoms with Crippen LogP contribution in [0.2, 0.25) is 0 Å². The molecule has 2 aromatic rings. The van der Waals surface area contributed by atoms with Crippen molar-refractivity contribution >= 4 is 17.7 Å². The molecule has 9 heteroatoms. The highest BCUT2D eigenvalue weighted by Gasteiger charge is 2.27. The van der Waals surface area contributed by atoms with E-state index in [1.54, 1.807) is 24.3 Å². The first kappa shape index (κ1) is 21.2. The normalized spacial score (nSPS) is 11.4. The number of hydrogen-bond acceptors (Lipinski definition) is 5. The fraction of sp³-hybridized carbons (Fsp3) is 0.389. The van der Waals surface area contributed by atoms with Crippen molar-refractivity contribution in [2.24, 2.45) is 0 Å². The molecule has 1 heterocycles. The molecule has 27 heavy (non-hydrogen) atoms. The minimum Gasteiger partial charge on any atom is -0.367 e. The third-order valence-corrected chi connectivity index (χ3v) is 4.19. The summed E-state index contributed by atoms with van der Waals surface area (Å²) in [6.07, 6.45) is -4.33. The van der Waals surface area contributed by atoms with Gasteiger partial charge in [0.25, 0.3) is 0 Å². The lowest BCUT2D eigenvalue weighted by molar-refractivity contribution is -0.176. The van der Waals surface area contributed by atoms with Gasteiger partial charge in [-0.05, 0) is 31.0 Å². The topological polar surface area (TPSA) is 64.1 Å². The Morgan fingerprint density at radius 3 is 2.30 bits per heavy atom. The van der Waals surface area contributed by atoms with Crippen LogP contribution in [-0.4, -0.2) is 34.4 Å². The maximum absolute atomic E-state index is 12.0. The molecular weight excluding hydrogens is 379 g/mol.